The van der Waals surface area contributed by atoms with Crippen molar-refractivity contribution >= 4 is 5.78 Å². The van der Waals surface area contributed by atoms with Gasteiger partial charge in [-0.25, -0.2) is 0 Å². The van der Waals surface area contributed by atoms with Crippen molar-refractivity contribution in [3.05, 3.63) is 0 Å². The van der Waals surface area contributed by atoms with Gasteiger partial charge in [-0.05, 0) is 93.3 Å². The van der Waals surface area contributed by atoms with Gasteiger partial charge in [0.15, 0.2) is 0 Å². The van der Waals surface area contributed by atoms with Crippen LogP contribution in [0.2, 0.25) is 0 Å². The number of rotatable bonds is 0. The van der Waals surface area contributed by atoms with E-state index in [9.17, 15) is 4.79 Å². The SMILES string of the molecule is C[C@]12CCC3(CCCO3)CC1CC[C@@H]1[C@@H]2CC[C@]2(C)C(=O)CC[C@@H]12. The van der Waals surface area contributed by atoms with Gasteiger partial charge in [0.25, 0.3) is 0 Å². The van der Waals surface area contributed by atoms with Gasteiger partial charge in [0.05, 0.1) is 5.60 Å². The molecule has 0 bridgehead atoms. The van der Waals surface area contributed by atoms with Crippen molar-refractivity contribution in [1.29, 1.82) is 0 Å². The molecule has 5 fully saturated rings. The van der Waals surface area contributed by atoms with Gasteiger partial charge in [0.2, 0.25) is 0 Å². The second kappa shape index (κ2) is 5.09. The largest absolute Gasteiger partial charge is 0.375 e. The number of Topliss-reactive ketones (excluding diaryl/α,β-unsaturated/α-hetero) is 1. The molecule has 0 radical (unpaired) electrons. The van der Waals surface area contributed by atoms with Gasteiger partial charge in [-0.3, -0.25) is 4.79 Å². The lowest BCUT2D eigenvalue weighted by Crippen LogP contribution is -2.55. The first-order valence-corrected chi connectivity index (χ1v) is 10.6. The van der Waals surface area contributed by atoms with Crippen LogP contribution in [0.25, 0.3) is 0 Å². The maximum absolute atomic E-state index is 12.5. The van der Waals surface area contributed by atoms with Gasteiger partial charge < -0.3 is 4.74 Å². The summed E-state index contributed by atoms with van der Waals surface area (Å²) in [5, 5.41) is 0. The van der Waals surface area contributed by atoms with Crippen LogP contribution in [0.4, 0.5) is 0 Å². The molecule has 1 aliphatic heterocycles. The Hall–Kier alpha value is -0.370. The average molecular weight is 331 g/mol. The molecule has 0 aromatic heterocycles. The van der Waals surface area contributed by atoms with Crippen LogP contribution in [0.15, 0.2) is 0 Å². The topological polar surface area (TPSA) is 26.3 Å². The second-order valence-electron chi connectivity index (χ2n) is 10.4. The summed E-state index contributed by atoms with van der Waals surface area (Å²) < 4.78 is 6.27. The van der Waals surface area contributed by atoms with E-state index in [1.54, 1.807) is 0 Å². The van der Waals surface area contributed by atoms with E-state index in [0.717, 1.165) is 30.8 Å². The second-order valence-corrected chi connectivity index (χ2v) is 10.4. The summed E-state index contributed by atoms with van der Waals surface area (Å²) in [6.07, 6.45) is 13.9. The normalized spacial score (nSPS) is 56.8. The maximum Gasteiger partial charge on any atom is 0.139 e. The molecular formula is C22H34O2. The Morgan fingerprint density at radius 3 is 2.62 bits per heavy atom. The molecule has 2 unspecified atom stereocenters. The third-order valence-electron chi connectivity index (χ3n) is 9.70. The highest BCUT2D eigenvalue weighted by Gasteiger charge is 2.61. The Morgan fingerprint density at radius 2 is 1.83 bits per heavy atom. The Balaban J connectivity index is 1.42. The number of hydrogen-bond acceptors (Lipinski definition) is 2. The Morgan fingerprint density at radius 1 is 0.958 bits per heavy atom. The fourth-order valence-corrected chi connectivity index (χ4v) is 8.19. The van der Waals surface area contributed by atoms with Crippen molar-refractivity contribution in [2.45, 2.75) is 90.1 Å². The Kier molecular flexibility index (Phi) is 3.36. The highest BCUT2D eigenvalue weighted by Crippen LogP contribution is 2.66. The van der Waals surface area contributed by atoms with Crippen LogP contribution in [0.5, 0.6) is 0 Å². The molecule has 2 heteroatoms. The van der Waals surface area contributed by atoms with Gasteiger partial charge in [0, 0.05) is 18.4 Å². The predicted octanol–water partition coefficient (Wildman–Crippen LogP) is 5.15. The Bertz CT molecular complexity index is 548. The van der Waals surface area contributed by atoms with Crippen molar-refractivity contribution in [2.24, 2.45) is 34.5 Å². The molecule has 1 heterocycles. The van der Waals surface area contributed by atoms with Crippen molar-refractivity contribution in [3.8, 4) is 0 Å². The number of ether oxygens (including phenoxy) is 1. The molecule has 24 heavy (non-hydrogen) atoms. The zero-order chi connectivity index (χ0) is 16.6. The highest BCUT2D eigenvalue weighted by atomic mass is 16.5. The quantitative estimate of drug-likeness (QED) is 0.614. The van der Waals surface area contributed by atoms with Crippen LogP contribution in [0.1, 0.15) is 84.5 Å². The molecule has 5 aliphatic rings. The minimum absolute atomic E-state index is 0.0365. The van der Waals surface area contributed by atoms with E-state index in [1.807, 2.05) is 0 Å². The van der Waals surface area contributed by atoms with E-state index >= 15 is 0 Å². The molecule has 5 rings (SSSR count). The van der Waals surface area contributed by atoms with Gasteiger partial charge in [-0.2, -0.15) is 0 Å². The average Bonchev–Trinajstić information content (AvgIpc) is 3.14. The van der Waals surface area contributed by atoms with Crippen molar-refractivity contribution in [1.82, 2.24) is 0 Å². The van der Waals surface area contributed by atoms with E-state index < -0.39 is 0 Å². The molecule has 2 nitrogen and oxygen atoms in total. The number of carbonyl (C=O) groups excluding carboxylic acids is 1. The molecule has 0 N–H and O–H groups in total. The van der Waals surface area contributed by atoms with Gasteiger partial charge in [-0.15, -0.1) is 0 Å². The smallest absolute Gasteiger partial charge is 0.139 e. The summed E-state index contributed by atoms with van der Waals surface area (Å²) in [4.78, 5) is 12.5. The van der Waals surface area contributed by atoms with E-state index in [4.69, 9.17) is 4.74 Å². The number of fused-ring (bicyclic) bond motifs is 5. The van der Waals surface area contributed by atoms with Gasteiger partial charge in [0.1, 0.15) is 5.78 Å². The minimum Gasteiger partial charge on any atom is -0.375 e. The fraction of sp³-hybridized carbons (Fsp3) is 0.955. The zero-order valence-electron chi connectivity index (χ0n) is 15.6. The third kappa shape index (κ3) is 1.95. The molecule has 0 aromatic carbocycles. The monoisotopic (exact) mass is 330 g/mol. The van der Waals surface area contributed by atoms with Crippen LogP contribution in [0, 0.1) is 34.5 Å². The van der Waals surface area contributed by atoms with Crippen LogP contribution in [-0.2, 0) is 9.53 Å². The van der Waals surface area contributed by atoms with Gasteiger partial charge >= 0.3 is 0 Å². The molecule has 0 amide bonds. The molecule has 0 aromatic rings. The minimum atomic E-state index is 0.0365. The summed E-state index contributed by atoms with van der Waals surface area (Å²) in [5.41, 5.74) is 0.811. The lowest BCUT2D eigenvalue weighted by Gasteiger charge is -2.61. The van der Waals surface area contributed by atoms with E-state index in [2.05, 4.69) is 13.8 Å². The van der Waals surface area contributed by atoms with Crippen molar-refractivity contribution < 1.29 is 9.53 Å². The fourth-order valence-electron chi connectivity index (χ4n) is 8.19. The van der Waals surface area contributed by atoms with E-state index in [-0.39, 0.29) is 11.0 Å². The molecular weight excluding hydrogens is 296 g/mol. The highest BCUT2D eigenvalue weighted by molar-refractivity contribution is 5.87. The lowest BCUT2D eigenvalue weighted by molar-refractivity contribution is -0.156. The molecule has 1 saturated heterocycles. The molecule has 4 saturated carbocycles. The maximum atomic E-state index is 12.5. The number of hydrogen-bond donors (Lipinski definition) is 0. The predicted molar refractivity (Wildman–Crippen MR) is 94.7 cm³/mol. The first-order chi connectivity index (χ1) is 11.5. The first kappa shape index (κ1) is 15.9. The molecule has 134 valence electrons. The van der Waals surface area contributed by atoms with Crippen LogP contribution in [0.3, 0.4) is 0 Å². The lowest BCUT2D eigenvalue weighted by atomic mass is 9.44. The van der Waals surface area contributed by atoms with E-state index in [1.165, 1.54) is 64.2 Å². The molecule has 7 atom stereocenters. The third-order valence-corrected chi connectivity index (χ3v) is 9.70. The number of carbonyl (C=O) groups is 1. The van der Waals surface area contributed by atoms with E-state index in [0.29, 0.717) is 17.1 Å². The summed E-state index contributed by atoms with van der Waals surface area (Å²) in [6.45, 7) is 5.92. The summed E-state index contributed by atoms with van der Waals surface area (Å²) in [6, 6.07) is 0. The first-order valence-electron chi connectivity index (χ1n) is 10.6. The van der Waals surface area contributed by atoms with Gasteiger partial charge in [-0.1, -0.05) is 13.8 Å². The van der Waals surface area contributed by atoms with Crippen LogP contribution in [-0.4, -0.2) is 18.0 Å². The molecule has 4 aliphatic carbocycles. The zero-order valence-corrected chi connectivity index (χ0v) is 15.6. The van der Waals surface area contributed by atoms with Crippen LogP contribution >= 0.6 is 0 Å². The van der Waals surface area contributed by atoms with Crippen molar-refractivity contribution in [2.75, 3.05) is 6.61 Å². The summed E-state index contributed by atoms with van der Waals surface area (Å²) in [7, 11) is 0. The van der Waals surface area contributed by atoms with Crippen molar-refractivity contribution in [3.63, 3.8) is 0 Å². The Labute approximate surface area is 147 Å². The molecule has 1 spiro atoms. The summed E-state index contributed by atoms with van der Waals surface area (Å²) in [5.74, 6) is 3.85. The number of ketones is 1. The van der Waals surface area contributed by atoms with Crippen LogP contribution < -0.4 is 0 Å². The summed E-state index contributed by atoms with van der Waals surface area (Å²) >= 11 is 0. The standard InChI is InChI=1S/C22H34O2/c1-20-11-12-22(9-3-13-24-22)14-15(20)4-5-16-17-6-7-19(23)21(17,2)10-8-18(16)20/h15-18H,3-14H2,1-2H3/t15?,16-,17-,18-,20-,21-,22?/m0/s1.